The number of hydrogen-bond donors (Lipinski definition) is 2. The number of carbonyl (C=O) groups excluding carboxylic acids is 1. The Hall–Kier alpha value is -0.720. The average Bonchev–Trinajstić information content (AvgIpc) is 3.07. The smallest absolute Gasteiger partial charge is 0.245 e. The molecule has 2 rings (SSSR count). The van der Waals surface area contributed by atoms with Gasteiger partial charge in [-0.05, 0) is 42.9 Å². The number of amides is 1. The van der Waals surface area contributed by atoms with Gasteiger partial charge in [-0.2, -0.15) is 0 Å². The molecule has 0 aromatic rings. The normalized spacial score (nSPS) is 26.0. The van der Waals surface area contributed by atoms with Crippen LogP contribution in [0.4, 0.5) is 0 Å². The molecule has 2 atom stereocenters. The van der Waals surface area contributed by atoms with Crippen molar-refractivity contribution in [3.05, 3.63) is 0 Å². The predicted octanol–water partition coefficient (Wildman–Crippen LogP) is 3.50. The Morgan fingerprint density at radius 2 is 2.00 bits per heavy atom. The van der Waals surface area contributed by atoms with E-state index in [0.29, 0.717) is 11.6 Å². The molecular weight excluding hydrogens is 370 g/mol. The van der Waals surface area contributed by atoms with E-state index in [1.54, 1.807) is 0 Å². The summed E-state index contributed by atoms with van der Waals surface area (Å²) in [6, 6.07) is -0.170. The molecule has 0 aromatic carbocycles. The van der Waals surface area contributed by atoms with Crippen LogP contribution in [0.25, 0.3) is 0 Å². The molecule has 28 heavy (non-hydrogen) atoms. The summed E-state index contributed by atoms with van der Waals surface area (Å²) >= 11 is 5.25. The fraction of sp³-hybridized carbons (Fsp3) is 0.909. The molecule has 1 unspecified atom stereocenters. The lowest BCUT2D eigenvalue weighted by atomic mass is 9.73. The number of carbonyl (C=O) groups is 1. The Balaban J connectivity index is 1.80. The number of hydrogen-bond acceptors (Lipinski definition) is 4. The number of nitrogens with two attached hydrogens (primary N) is 1. The molecule has 5 nitrogen and oxygen atoms in total. The third-order valence-electron chi connectivity index (χ3n) is 6.23. The number of nitrogens with one attached hydrogen (secondary N) is 1. The molecule has 0 radical (unpaired) electrons. The topological polar surface area (TPSA) is 67.6 Å². The molecule has 162 valence electrons. The quantitative estimate of drug-likeness (QED) is 0.539. The molecule has 2 fully saturated rings. The van der Waals surface area contributed by atoms with Crippen molar-refractivity contribution in [2.75, 3.05) is 26.3 Å². The van der Waals surface area contributed by atoms with Gasteiger partial charge >= 0.3 is 0 Å². The molecule has 0 spiro atoms. The maximum atomic E-state index is 13.3. The molecule has 6 heteroatoms. The van der Waals surface area contributed by atoms with Crippen molar-refractivity contribution in [1.82, 2.24) is 10.2 Å². The first-order valence-electron chi connectivity index (χ1n) is 11.1. The number of nitrogens with zero attached hydrogens (tertiary/aromatic N) is 1. The Labute approximate surface area is 177 Å². The minimum atomic E-state index is -0.352. The summed E-state index contributed by atoms with van der Waals surface area (Å²) in [5.41, 5.74) is 5.41. The van der Waals surface area contributed by atoms with Gasteiger partial charge in [-0.15, -0.1) is 0 Å². The number of rotatable bonds is 10. The summed E-state index contributed by atoms with van der Waals surface area (Å²) in [6.07, 6.45) is 8.73. The molecule has 1 amide bonds. The van der Waals surface area contributed by atoms with Crippen molar-refractivity contribution < 1.29 is 9.53 Å². The van der Waals surface area contributed by atoms with E-state index in [0.717, 1.165) is 37.8 Å². The zero-order valence-electron chi connectivity index (χ0n) is 18.3. The zero-order chi connectivity index (χ0) is 20.7. The SMILES string of the molecule is CCCCC1CC(COCC2CCCN2C(=O)[C@@H](NC(=S)CN)C(C)(C)C)C1. The maximum absolute atomic E-state index is 13.3. The molecule has 0 bridgehead atoms. The summed E-state index contributed by atoms with van der Waals surface area (Å²) in [6.45, 7) is 11.0. The largest absolute Gasteiger partial charge is 0.379 e. The molecule has 3 N–H and O–H groups in total. The summed E-state index contributed by atoms with van der Waals surface area (Å²) in [5, 5.41) is 3.19. The van der Waals surface area contributed by atoms with Gasteiger partial charge in [0.1, 0.15) is 6.04 Å². The van der Waals surface area contributed by atoms with Crippen molar-refractivity contribution in [3.8, 4) is 0 Å². The summed E-state index contributed by atoms with van der Waals surface area (Å²) in [5.74, 6) is 1.76. The van der Waals surface area contributed by atoms with Crippen molar-refractivity contribution in [2.45, 2.75) is 84.7 Å². The average molecular weight is 412 g/mol. The first kappa shape index (κ1) is 23.6. The van der Waals surface area contributed by atoms with Crippen molar-refractivity contribution in [1.29, 1.82) is 0 Å². The zero-order valence-corrected chi connectivity index (χ0v) is 19.2. The summed E-state index contributed by atoms with van der Waals surface area (Å²) < 4.78 is 6.06. The van der Waals surface area contributed by atoms with E-state index in [1.807, 2.05) is 4.90 Å². The highest BCUT2D eigenvalue weighted by Gasteiger charge is 2.39. The molecule has 0 aromatic heterocycles. The second-order valence-corrected chi connectivity index (χ2v) is 10.3. The molecule has 1 aliphatic carbocycles. The first-order chi connectivity index (χ1) is 13.3. The Morgan fingerprint density at radius 3 is 2.61 bits per heavy atom. The minimum absolute atomic E-state index is 0.123. The van der Waals surface area contributed by atoms with Gasteiger partial charge in [0, 0.05) is 19.7 Å². The fourth-order valence-electron chi connectivity index (χ4n) is 4.44. The molecular formula is C22H41N3O2S. The van der Waals surface area contributed by atoms with Crippen LogP contribution in [0.1, 0.15) is 72.6 Å². The summed E-state index contributed by atoms with van der Waals surface area (Å²) in [7, 11) is 0. The second-order valence-electron chi connectivity index (χ2n) is 9.78. The van der Waals surface area contributed by atoms with E-state index in [4.69, 9.17) is 22.7 Å². The minimum Gasteiger partial charge on any atom is -0.379 e. The van der Waals surface area contributed by atoms with Crippen LogP contribution in [0.3, 0.4) is 0 Å². The van der Waals surface area contributed by atoms with Gasteiger partial charge in [-0.3, -0.25) is 4.79 Å². The van der Waals surface area contributed by atoms with Gasteiger partial charge in [0.15, 0.2) is 0 Å². The van der Waals surface area contributed by atoms with Gasteiger partial charge in [0.2, 0.25) is 5.91 Å². The van der Waals surface area contributed by atoms with Gasteiger partial charge in [0.05, 0.1) is 17.6 Å². The van der Waals surface area contributed by atoms with Crippen LogP contribution in [0.2, 0.25) is 0 Å². The van der Waals surface area contributed by atoms with Gasteiger partial charge < -0.3 is 20.7 Å². The third kappa shape index (κ3) is 6.67. The number of ether oxygens (including phenoxy) is 1. The van der Waals surface area contributed by atoms with Gasteiger partial charge in [-0.1, -0.05) is 59.2 Å². The number of thiocarbonyl (C=S) groups is 1. The number of unbranched alkanes of at least 4 members (excludes halogenated alkanes) is 1. The lowest BCUT2D eigenvalue weighted by Gasteiger charge is -2.37. The van der Waals surface area contributed by atoms with Crippen LogP contribution in [-0.4, -0.2) is 54.2 Å². The fourth-order valence-corrected chi connectivity index (χ4v) is 4.56. The van der Waals surface area contributed by atoms with Crippen LogP contribution in [-0.2, 0) is 9.53 Å². The van der Waals surface area contributed by atoms with E-state index in [1.165, 1.54) is 32.1 Å². The van der Waals surface area contributed by atoms with Crippen molar-refractivity contribution >= 4 is 23.1 Å². The monoisotopic (exact) mass is 411 g/mol. The van der Waals surface area contributed by atoms with Gasteiger partial charge in [-0.25, -0.2) is 0 Å². The van der Waals surface area contributed by atoms with E-state index in [2.05, 4.69) is 33.0 Å². The Kier molecular flexibility index (Phi) is 9.16. The standard InChI is InChI=1S/C22H41N3O2S/c1-5-6-8-16-11-17(12-16)14-27-15-18-9-7-10-25(18)21(26)20(22(2,3)4)24-19(28)13-23/h16-18,20H,5-15,23H2,1-4H3,(H,24,28)/t16?,17?,18?,20-/m1/s1. The Morgan fingerprint density at radius 1 is 1.29 bits per heavy atom. The van der Waals surface area contributed by atoms with Crippen LogP contribution >= 0.6 is 12.2 Å². The van der Waals surface area contributed by atoms with Crippen LogP contribution in [0.15, 0.2) is 0 Å². The second kappa shape index (κ2) is 10.9. The van der Waals surface area contributed by atoms with Crippen molar-refractivity contribution in [2.24, 2.45) is 23.0 Å². The molecule has 2 aliphatic rings. The Bertz CT molecular complexity index is 514. The van der Waals surface area contributed by atoms with E-state index in [9.17, 15) is 4.79 Å². The summed E-state index contributed by atoms with van der Waals surface area (Å²) in [4.78, 5) is 15.8. The highest BCUT2D eigenvalue weighted by atomic mass is 32.1. The van der Waals surface area contributed by atoms with Crippen LogP contribution < -0.4 is 11.1 Å². The maximum Gasteiger partial charge on any atom is 0.245 e. The van der Waals surface area contributed by atoms with Gasteiger partial charge in [0.25, 0.3) is 0 Å². The third-order valence-corrected chi connectivity index (χ3v) is 6.51. The highest BCUT2D eigenvalue weighted by Crippen LogP contribution is 2.37. The van der Waals surface area contributed by atoms with Crippen LogP contribution in [0.5, 0.6) is 0 Å². The lowest BCUT2D eigenvalue weighted by Crippen LogP contribution is -2.56. The highest BCUT2D eigenvalue weighted by molar-refractivity contribution is 7.80. The van der Waals surface area contributed by atoms with E-state index < -0.39 is 0 Å². The lowest BCUT2D eigenvalue weighted by molar-refractivity contribution is -0.137. The van der Waals surface area contributed by atoms with Crippen molar-refractivity contribution in [3.63, 3.8) is 0 Å². The van der Waals surface area contributed by atoms with E-state index in [-0.39, 0.29) is 30.0 Å². The molecule has 1 saturated heterocycles. The molecule has 1 heterocycles. The van der Waals surface area contributed by atoms with Crippen LogP contribution in [0, 0.1) is 17.3 Å². The van der Waals surface area contributed by atoms with E-state index >= 15 is 0 Å². The number of likely N-dealkylation sites (tertiary alicyclic amines) is 1. The molecule has 1 aliphatic heterocycles. The first-order valence-corrected chi connectivity index (χ1v) is 11.5. The predicted molar refractivity (Wildman–Crippen MR) is 119 cm³/mol. The molecule has 1 saturated carbocycles.